The van der Waals surface area contributed by atoms with Gasteiger partial charge in [0.2, 0.25) is 0 Å². The van der Waals surface area contributed by atoms with Crippen molar-refractivity contribution in [2.24, 2.45) is 0 Å². The molecule has 0 fully saturated rings. The molecule has 0 spiro atoms. The zero-order chi connectivity index (χ0) is 10.7. The Morgan fingerprint density at radius 3 is 2.93 bits per heavy atom. The molecule has 0 amide bonds. The van der Waals surface area contributed by atoms with Gasteiger partial charge in [0.25, 0.3) is 0 Å². The van der Waals surface area contributed by atoms with Crippen molar-refractivity contribution in [1.29, 1.82) is 0 Å². The summed E-state index contributed by atoms with van der Waals surface area (Å²) in [5, 5.41) is 3.29. The van der Waals surface area contributed by atoms with E-state index < -0.39 is 0 Å². The first-order valence-electron chi connectivity index (χ1n) is 4.65. The summed E-state index contributed by atoms with van der Waals surface area (Å²) in [5.41, 5.74) is 0. The lowest BCUT2D eigenvalue weighted by molar-refractivity contribution is 1.13. The van der Waals surface area contributed by atoms with Gasteiger partial charge in [-0.3, -0.25) is 0 Å². The lowest BCUT2D eigenvalue weighted by Crippen LogP contribution is -1.99. The quantitative estimate of drug-likeness (QED) is 0.926. The fourth-order valence-electron chi connectivity index (χ4n) is 1.27. The van der Waals surface area contributed by atoms with Crippen molar-refractivity contribution in [1.82, 2.24) is 4.98 Å². The van der Waals surface area contributed by atoms with Crippen molar-refractivity contribution < 1.29 is 0 Å². The molecule has 0 atom stereocenters. The molecule has 0 saturated carbocycles. The molecule has 4 heteroatoms. The number of pyridine rings is 1. The number of aromatic nitrogens is 1. The summed E-state index contributed by atoms with van der Waals surface area (Å²) in [6.07, 6.45) is 1.78. The van der Waals surface area contributed by atoms with Crippen molar-refractivity contribution in [3.63, 3.8) is 0 Å². The Balaban J connectivity index is 2.02. The van der Waals surface area contributed by atoms with Crippen LogP contribution in [0.15, 0.2) is 34.9 Å². The molecule has 0 saturated heterocycles. The van der Waals surface area contributed by atoms with Gasteiger partial charge < -0.3 is 5.32 Å². The Labute approximate surface area is 101 Å². The van der Waals surface area contributed by atoms with Gasteiger partial charge >= 0.3 is 0 Å². The van der Waals surface area contributed by atoms with Crippen molar-refractivity contribution >= 4 is 33.1 Å². The van der Waals surface area contributed by atoms with Crippen LogP contribution in [0.2, 0.25) is 0 Å². The Kier molecular flexibility index (Phi) is 3.38. The first-order valence-corrected chi connectivity index (χ1v) is 6.26. The second-order valence-corrected chi connectivity index (χ2v) is 5.43. The molecular weight excluding hydrogens is 272 g/mol. The maximum atomic E-state index is 4.25. The van der Waals surface area contributed by atoms with Gasteiger partial charge in [0.1, 0.15) is 5.82 Å². The van der Waals surface area contributed by atoms with E-state index in [1.54, 1.807) is 6.20 Å². The third kappa shape index (κ3) is 2.79. The average Bonchev–Trinajstić information content (AvgIpc) is 2.63. The minimum Gasteiger partial charge on any atom is -0.364 e. The monoisotopic (exact) mass is 282 g/mol. The average molecular weight is 283 g/mol. The zero-order valence-electron chi connectivity index (χ0n) is 8.33. The molecule has 0 bridgehead atoms. The highest BCUT2D eigenvalue weighted by Gasteiger charge is 2.00. The van der Waals surface area contributed by atoms with Crippen molar-refractivity contribution in [3.05, 3.63) is 44.7 Å². The SMILES string of the molecule is Cc1ccc(CNc2ncccc2Br)s1. The van der Waals surface area contributed by atoms with Crippen LogP contribution in [0.1, 0.15) is 9.75 Å². The molecule has 0 aliphatic heterocycles. The van der Waals surface area contributed by atoms with E-state index in [-0.39, 0.29) is 0 Å². The fourth-order valence-corrected chi connectivity index (χ4v) is 2.49. The van der Waals surface area contributed by atoms with E-state index in [0.29, 0.717) is 0 Å². The summed E-state index contributed by atoms with van der Waals surface area (Å²) in [4.78, 5) is 6.91. The number of anilines is 1. The van der Waals surface area contributed by atoms with Crippen molar-refractivity contribution in [2.45, 2.75) is 13.5 Å². The van der Waals surface area contributed by atoms with Crippen molar-refractivity contribution in [3.8, 4) is 0 Å². The van der Waals surface area contributed by atoms with Crippen LogP contribution >= 0.6 is 27.3 Å². The molecular formula is C11H11BrN2S. The van der Waals surface area contributed by atoms with E-state index in [9.17, 15) is 0 Å². The van der Waals surface area contributed by atoms with E-state index >= 15 is 0 Å². The maximum absolute atomic E-state index is 4.25. The lowest BCUT2D eigenvalue weighted by atomic mass is 10.4. The van der Waals surface area contributed by atoms with Crippen LogP contribution in [0.3, 0.4) is 0 Å². The smallest absolute Gasteiger partial charge is 0.140 e. The van der Waals surface area contributed by atoms with Gasteiger partial charge in [0.15, 0.2) is 0 Å². The highest BCUT2D eigenvalue weighted by atomic mass is 79.9. The van der Waals surface area contributed by atoms with Gasteiger partial charge in [0, 0.05) is 16.0 Å². The molecule has 0 aliphatic carbocycles. The van der Waals surface area contributed by atoms with Crippen LogP contribution in [0.25, 0.3) is 0 Å². The standard InChI is InChI=1S/C11H11BrN2S/c1-8-4-5-9(15-8)7-14-11-10(12)3-2-6-13-11/h2-6H,7H2,1H3,(H,13,14). The minimum atomic E-state index is 0.828. The number of nitrogens with one attached hydrogen (secondary N) is 1. The number of rotatable bonds is 3. The second-order valence-electron chi connectivity index (χ2n) is 3.20. The highest BCUT2D eigenvalue weighted by Crippen LogP contribution is 2.21. The Hall–Kier alpha value is -0.870. The van der Waals surface area contributed by atoms with Crippen LogP contribution in [0.4, 0.5) is 5.82 Å². The van der Waals surface area contributed by atoms with Gasteiger partial charge in [-0.1, -0.05) is 0 Å². The minimum absolute atomic E-state index is 0.828. The van der Waals surface area contributed by atoms with Gasteiger partial charge in [-0.25, -0.2) is 4.98 Å². The molecule has 2 aromatic rings. The Morgan fingerprint density at radius 1 is 1.40 bits per heavy atom. The first-order chi connectivity index (χ1) is 7.25. The Bertz CT molecular complexity index is 453. The van der Waals surface area contributed by atoms with Crippen LogP contribution < -0.4 is 5.32 Å². The fraction of sp³-hybridized carbons (Fsp3) is 0.182. The predicted octanol–water partition coefficient (Wildman–Crippen LogP) is 3.83. The first kappa shape index (κ1) is 10.6. The van der Waals surface area contributed by atoms with E-state index in [4.69, 9.17) is 0 Å². The molecule has 78 valence electrons. The topological polar surface area (TPSA) is 24.9 Å². The summed E-state index contributed by atoms with van der Waals surface area (Å²) in [6, 6.07) is 8.17. The molecule has 2 aromatic heterocycles. The van der Waals surface area contributed by atoms with Crippen LogP contribution in [-0.4, -0.2) is 4.98 Å². The number of nitrogens with zero attached hydrogens (tertiary/aromatic N) is 1. The molecule has 15 heavy (non-hydrogen) atoms. The molecule has 0 aromatic carbocycles. The summed E-state index contributed by atoms with van der Waals surface area (Å²) in [6.45, 7) is 2.94. The van der Waals surface area contributed by atoms with Gasteiger partial charge in [-0.2, -0.15) is 0 Å². The normalized spacial score (nSPS) is 10.3. The van der Waals surface area contributed by atoms with Crippen molar-refractivity contribution in [2.75, 3.05) is 5.32 Å². The number of hydrogen-bond donors (Lipinski definition) is 1. The summed E-state index contributed by atoms with van der Waals surface area (Å²) in [5.74, 6) is 0.892. The summed E-state index contributed by atoms with van der Waals surface area (Å²) in [7, 11) is 0. The number of halogens is 1. The second kappa shape index (κ2) is 4.77. The van der Waals surface area contributed by atoms with E-state index in [2.05, 4.69) is 45.3 Å². The zero-order valence-corrected chi connectivity index (χ0v) is 10.7. The highest BCUT2D eigenvalue weighted by molar-refractivity contribution is 9.10. The summed E-state index contributed by atoms with van der Waals surface area (Å²) >= 11 is 5.26. The molecule has 1 N–H and O–H groups in total. The molecule has 2 nitrogen and oxygen atoms in total. The molecule has 0 unspecified atom stereocenters. The maximum Gasteiger partial charge on any atom is 0.140 e. The predicted molar refractivity (Wildman–Crippen MR) is 68.3 cm³/mol. The lowest BCUT2D eigenvalue weighted by Gasteiger charge is -2.04. The molecule has 0 radical (unpaired) electrons. The number of thiophene rings is 1. The van der Waals surface area contributed by atoms with Gasteiger partial charge in [-0.15, -0.1) is 11.3 Å². The van der Waals surface area contributed by atoms with Crippen LogP contribution in [-0.2, 0) is 6.54 Å². The largest absolute Gasteiger partial charge is 0.364 e. The number of aryl methyl sites for hydroxylation is 1. The Morgan fingerprint density at radius 2 is 2.27 bits per heavy atom. The van der Waals surface area contributed by atoms with Gasteiger partial charge in [0.05, 0.1) is 11.0 Å². The summed E-state index contributed by atoms with van der Waals surface area (Å²) < 4.78 is 0.998. The van der Waals surface area contributed by atoms with E-state index in [1.165, 1.54) is 9.75 Å². The van der Waals surface area contributed by atoms with Gasteiger partial charge in [-0.05, 0) is 47.1 Å². The third-order valence-electron chi connectivity index (χ3n) is 1.98. The third-order valence-corrected chi connectivity index (χ3v) is 3.63. The van der Waals surface area contributed by atoms with Crippen LogP contribution in [0.5, 0.6) is 0 Å². The van der Waals surface area contributed by atoms with E-state index in [1.807, 2.05) is 23.5 Å². The van der Waals surface area contributed by atoms with E-state index in [0.717, 1.165) is 16.8 Å². The number of hydrogen-bond acceptors (Lipinski definition) is 3. The molecule has 0 aliphatic rings. The molecule has 2 heterocycles. The molecule has 2 rings (SSSR count). The van der Waals surface area contributed by atoms with Crippen LogP contribution in [0, 0.1) is 6.92 Å².